The summed E-state index contributed by atoms with van der Waals surface area (Å²) in [6, 6.07) is 16.9. The highest BCUT2D eigenvalue weighted by atomic mass is 16.5. The van der Waals surface area contributed by atoms with Crippen molar-refractivity contribution in [3.63, 3.8) is 0 Å². The topological polar surface area (TPSA) is 53.1 Å². The van der Waals surface area contributed by atoms with E-state index in [-0.39, 0.29) is 18.4 Å². The van der Waals surface area contributed by atoms with E-state index < -0.39 is 0 Å². The van der Waals surface area contributed by atoms with E-state index in [4.69, 9.17) is 4.74 Å². The number of rotatable bonds is 5. The van der Waals surface area contributed by atoms with Crippen LogP contribution in [-0.2, 0) is 4.79 Å². The van der Waals surface area contributed by atoms with Gasteiger partial charge in [-0.25, -0.2) is 0 Å². The lowest BCUT2D eigenvalue weighted by atomic mass is 10.1. The number of carbonyl (C=O) groups is 2. The third kappa shape index (κ3) is 4.78. The van der Waals surface area contributed by atoms with Gasteiger partial charge in [-0.15, -0.1) is 0 Å². The Labute approximate surface area is 159 Å². The van der Waals surface area contributed by atoms with Crippen molar-refractivity contribution in [3.05, 3.63) is 60.2 Å². The summed E-state index contributed by atoms with van der Waals surface area (Å²) in [6.07, 6.45) is 0. The number of amides is 2. The minimum absolute atomic E-state index is 0.00587. The highest BCUT2D eigenvalue weighted by molar-refractivity contribution is 5.95. The van der Waals surface area contributed by atoms with Crippen LogP contribution in [0, 0.1) is 0 Å². The molecule has 1 heterocycles. The first-order chi connectivity index (χ1) is 13.0. The summed E-state index contributed by atoms with van der Waals surface area (Å²) in [7, 11) is 3.90. The first-order valence-corrected chi connectivity index (χ1v) is 9.07. The number of hydrogen-bond acceptors (Lipinski definition) is 4. The summed E-state index contributed by atoms with van der Waals surface area (Å²) < 4.78 is 5.52. The monoisotopic (exact) mass is 367 g/mol. The van der Waals surface area contributed by atoms with E-state index in [2.05, 4.69) is 0 Å². The molecule has 1 aliphatic heterocycles. The van der Waals surface area contributed by atoms with E-state index in [1.54, 1.807) is 9.80 Å². The zero-order valence-corrected chi connectivity index (χ0v) is 15.8. The van der Waals surface area contributed by atoms with Crippen molar-refractivity contribution >= 4 is 17.5 Å². The first kappa shape index (κ1) is 18.8. The molecular weight excluding hydrogens is 342 g/mol. The van der Waals surface area contributed by atoms with Gasteiger partial charge in [0.05, 0.1) is 0 Å². The van der Waals surface area contributed by atoms with Gasteiger partial charge in [0.2, 0.25) is 0 Å². The number of para-hydroxylation sites is 1. The van der Waals surface area contributed by atoms with Crippen LogP contribution >= 0.6 is 0 Å². The largest absolute Gasteiger partial charge is 0.484 e. The molecule has 1 saturated heterocycles. The second kappa shape index (κ2) is 8.58. The Bertz CT molecular complexity index is 784. The smallest absolute Gasteiger partial charge is 0.260 e. The van der Waals surface area contributed by atoms with Gasteiger partial charge in [-0.05, 0) is 30.3 Å². The Morgan fingerprint density at radius 2 is 1.59 bits per heavy atom. The predicted octanol–water partition coefficient (Wildman–Crippen LogP) is 2.12. The molecule has 2 aromatic rings. The Balaban J connectivity index is 1.51. The summed E-state index contributed by atoms with van der Waals surface area (Å²) in [5.74, 6) is 0.632. The third-order valence-corrected chi connectivity index (χ3v) is 4.63. The summed E-state index contributed by atoms with van der Waals surface area (Å²) in [5, 5.41) is 0. The van der Waals surface area contributed by atoms with E-state index in [0.29, 0.717) is 37.5 Å². The van der Waals surface area contributed by atoms with Gasteiger partial charge in [-0.2, -0.15) is 0 Å². The highest BCUT2D eigenvalue weighted by Crippen LogP contribution is 2.16. The predicted molar refractivity (Wildman–Crippen MR) is 105 cm³/mol. The number of ether oxygens (including phenoxy) is 1. The molecule has 27 heavy (non-hydrogen) atoms. The highest BCUT2D eigenvalue weighted by Gasteiger charge is 2.25. The Hall–Kier alpha value is -3.02. The number of nitrogens with zero attached hydrogens (tertiary/aromatic N) is 3. The van der Waals surface area contributed by atoms with Gasteiger partial charge in [-0.1, -0.05) is 24.3 Å². The summed E-state index contributed by atoms with van der Waals surface area (Å²) in [4.78, 5) is 30.6. The zero-order chi connectivity index (χ0) is 19.2. The van der Waals surface area contributed by atoms with Crippen LogP contribution in [0.25, 0.3) is 0 Å². The van der Waals surface area contributed by atoms with E-state index in [1.807, 2.05) is 73.6 Å². The van der Waals surface area contributed by atoms with Crippen LogP contribution in [0.5, 0.6) is 5.75 Å². The molecule has 0 bridgehead atoms. The third-order valence-electron chi connectivity index (χ3n) is 4.63. The van der Waals surface area contributed by atoms with Crippen molar-refractivity contribution in [1.82, 2.24) is 9.80 Å². The van der Waals surface area contributed by atoms with Crippen LogP contribution in [0.15, 0.2) is 54.6 Å². The average molecular weight is 367 g/mol. The number of carbonyl (C=O) groups excluding carboxylic acids is 2. The van der Waals surface area contributed by atoms with Crippen molar-refractivity contribution in [2.24, 2.45) is 0 Å². The fraction of sp³-hybridized carbons (Fsp3) is 0.333. The molecule has 3 rings (SSSR count). The van der Waals surface area contributed by atoms with E-state index in [0.717, 1.165) is 5.69 Å². The van der Waals surface area contributed by atoms with Crippen molar-refractivity contribution in [2.75, 3.05) is 51.8 Å². The Morgan fingerprint density at radius 1 is 0.926 bits per heavy atom. The van der Waals surface area contributed by atoms with Crippen molar-refractivity contribution in [2.45, 2.75) is 0 Å². The van der Waals surface area contributed by atoms with Crippen LogP contribution in [0.4, 0.5) is 5.69 Å². The van der Waals surface area contributed by atoms with Crippen molar-refractivity contribution < 1.29 is 14.3 Å². The van der Waals surface area contributed by atoms with Gasteiger partial charge in [0.15, 0.2) is 6.61 Å². The van der Waals surface area contributed by atoms with Crippen LogP contribution in [0.2, 0.25) is 0 Å². The van der Waals surface area contributed by atoms with Gasteiger partial charge in [-0.3, -0.25) is 9.59 Å². The maximum absolute atomic E-state index is 12.7. The van der Waals surface area contributed by atoms with E-state index >= 15 is 0 Å². The molecule has 0 spiro atoms. The van der Waals surface area contributed by atoms with E-state index in [9.17, 15) is 9.59 Å². The van der Waals surface area contributed by atoms with Gasteiger partial charge in [0.1, 0.15) is 5.75 Å². The molecule has 0 radical (unpaired) electrons. The van der Waals surface area contributed by atoms with E-state index in [1.165, 1.54) is 0 Å². The quantitative estimate of drug-likeness (QED) is 0.812. The molecule has 6 heteroatoms. The fourth-order valence-electron chi connectivity index (χ4n) is 3.01. The minimum Gasteiger partial charge on any atom is -0.484 e. The van der Waals surface area contributed by atoms with Gasteiger partial charge in [0.25, 0.3) is 11.8 Å². The lowest BCUT2D eigenvalue weighted by molar-refractivity contribution is -0.134. The van der Waals surface area contributed by atoms with Gasteiger partial charge < -0.3 is 19.4 Å². The van der Waals surface area contributed by atoms with Crippen LogP contribution < -0.4 is 9.64 Å². The number of hydrogen-bond donors (Lipinski definition) is 0. The second-order valence-corrected chi connectivity index (χ2v) is 6.72. The molecular formula is C21H25N3O3. The lowest BCUT2D eigenvalue weighted by Crippen LogP contribution is -2.51. The summed E-state index contributed by atoms with van der Waals surface area (Å²) in [5.41, 5.74) is 1.67. The molecule has 2 aromatic carbocycles. The maximum atomic E-state index is 12.7. The molecule has 1 fully saturated rings. The van der Waals surface area contributed by atoms with Crippen LogP contribution in [0.3, 0.4) is 0 Å². The van der Waals surface area contributed by atoms with Crippen LogP contribution in [0.1, 0.15) is 10.4 Å². The molecule has 142 valence electrons. The molecule has 6 nitrogen and oxygen atoms in total. The lowest BCUT2D eigenvalue weighted by Gasteiger charge is -2.34. The zero-order valence-electron chi connectivity index (χ0n) is 15.8. The van der Waals surface area contributed by atoms with Crippen LogP contribution in [-0.4, -0.2) is 68.5 Å². The Kier molecular flexibility index (Phi) is 5.96. The normalized spacial score (nSPS) is 14.0. The standard InChI is InChI=1S/C21H25N3O3/c1-22(2)18-8-6-7-17(15-18)21(26)24-13-11-23(12-14-24)20(25)16-27-19-9-4-3-5-10-19/h3-10,15H,11-14,16H2,1-2H3. The SMILES string of the molecule is CN(C)c1cccc(C(=O)N2CCN(C(=O)COc3ccccc3)CC2)c1. The molecule has 0 aromatic heterocycles. The molecule has 0 aliphatic carbocycles. The van der Waals surface area contributed by atoms with Crippen molar-refractivity contribution in [3.8, 4) is 5.75 Å². The first-order valence-electron chi connectivity index (χ1n) is 9.07. The summed E-state index contributed by atoms with van der Waals surface area (Å²) >= 11 is 0. The van der Waals surface area contributed by atoms with Crippen molar-refractivity contribution in [1.29, 1.82) is 0 Å². The Morgan fingerprint density at radius 3 is 2.26 bits per heavy atom. The second-order valence-electron chi connectivity index (χ2n) is 6.72. The average Bonchev–Trinajstić information content (AvgIpc) is 2.72. The van der Waals surface area contributed by atoms with Gasteiger partial charge >= 0.3 is 0 Å². The summed E-state index contributed by atoms with van der Waals surface area (Å²) in [6.45, 7) is 2.12. The fourth-order valence-corrected chi connectivity index (χ4v) is 3.01. The molecule has 2 amide bonds. The molecule has 0 saturated carbocycles. The molecule has 0 unspecified atom stereocenters. The molecule has 1 aliphatic rings. The maximum Gasteiger partial charge on any atom is 0.260 e. The molecule has 0 N–H and O–H groups in total. The minimum atomic E-state index is -0.0550. The number of piperazine rings is 1. The van der Waals surface area contributed by atoms with Gasteiger partial charge in [0, 0.05) is 51.5 Å². The number of anilines is 1. The number of benzene rings is 2. The molecule has 0 atom stereocenters.